The molecule has 20 heavy (non-hydrogen) atoms. The molecule has 5 nitrogen and oxygen atoms in total. The van der Waals surface area contributed by atoms with Crippen LogP contribution < -0.4 is 5.32 Å². The minimum absolute atomic E-state index is 0. The van der Waals surface area contributed by atoms with Crippen LogP contribution in [0, 0.1) is 11.8 Å². The zero-order valence-electron chi connectivity index (χ0n) is 11.4. The van der Waals surface area contributed by atoms with Gasteiger partial charge in [0, 0.05) is 25.0 Å². The number of nitrogens with one attached hydrogen (secondary N) is 2. The molecule has 0 aromatic carbocycles. The molecule has 2 aliphatic rings. The minimum Gasteiger partial charge on any atom is -0.342 e. The fourth-order valence-electron chi connectivity index (χ4n) is 3.13. The number of nitrogens with zero attached hydrogens (tertiary/aromatic N) is 2. The smallest absolute Gasteiger partial charge is 0.228 e. The van der Waals surface area contributed by atoms with Gasteiger partial charge < -0.3 is 10.2 Å². The van der Waals surface area contributed by atoms with E-state index in [9.17, 15) is 4.79 Å². The van der Waals surface area contributed by atoms with Crippen LogP contribution in [0.15, 0.2) is 12.3 Å². The van der Waals surface area contributed by atoms with E-state index in [1.165, 1.54) is 0 Å². The molecule has 0 spiro atoms. The number of carbonyl (C=O) groups is 1. The van der Waals surface area contributed by atoms with Crippen molar-refractivity contribution in [3.05, 3.63) is 18.0 Å². The Morgan fingerprint density at radius 3 is 2.45 bits per heavy atom. The Kier molecular flexibility index (Phi) is 6.79. The second-order valence-electron chi connectivity index (χ2n) is 5.40. The Morgan fingerprint density at radius 1 is 1.25 bits per heavy atom. The Bertz CT molecular complexity index is 399. The number of hydrogen-bond acceptors (Lipinski definition) is 3. The van der Waals surface area contributed by atoms with Crippen LogP contribution in [-0.2, 0) is 11.2 Å². The van der Waals surface area contributed by atoms with Gasteiger partial charge in [-0.05, 0) is 43.8 Å². The summed E-state index contributed by atoms with van der Waals surface area (Å²) in [7, 11) is 0. The first-order valence-corrected chi connectivity index (χ1v) is 6.79. The molecule has 1 amide bonds. The zero-order chi connectivity index (χ0) is 12.4. The first kappa shape index (κ1) is 17.3. The van der Waals surface area contributed by atoms with Gasteiger partial charge in [0.15, 0.2) is 0 Å². The molecule has 1 aromatic rings. The highest BCUT2D eigenvalue weighted by Gasteiger charge is 2.31. The molecule has 1 aromatic heterocycles. The average molecular weight is 321 g/mol. The summed E-state index contributed by atoms with van der Waals surface area (Å²) >= 11 is 0. The van der Waals surface area contributed by atoms with Crippen LogP contribution in [0.2, 0.25) is 0 Å². The van der Waals surface area contributed by atoms with Gasteiger partial charge in [-0.15, -0.1) is 24.8 Å². The van der Waals surface area contributed by atoms with E-state index in [1.54, 1.807) is 6.20 Å². The SMILES string of the molecule is Cl.Cl.O=C(Cc1ccn[nH]1)N1CC[C@@H]2CNC[C@@H]2CC1. The molecule has 3 rings (SSSR count). The van der Waals surface area contributed by atoms with E-state index in [2.05, 4.69) is 15.5 Å². The standard InChI is InChI=1S/C13H20N4O.2ClH/c18-13(7-12-1-4-15-16-12)17-5-2-10-8-14-9-11(10)3-6-17;;/h1,4,10-11,14H,2-3,5-9H2,(H,15,16);2*1H/t10-,11+;;. The van der Waals surface area contributed by atoms with E-state index < -0.39 is 0 Å². The summed E-state index contributed by atoms with van der Waals surface area (Å²) < 4.78 is 0. The number of halogens is 2. The van der Waals surface area contributed by atoms with Crippen molar-refractivity contribution in [2.24, 2.45) is 11.8 Å². The third-order valence-electron chi connectivity index (χ3n) is 4.27. The number of carbonyl (C=O) groups excluding carboxylic acids is 1. The van der Waals surface area contributed by atoms with Crippen molar-refractivity contribution in [1.29, 1.82) is 0 Å². The molecule has 2 fully saturated rings. The van der Waals surface area contributed by atoms with Crippen molar-refractivity contribution < 1.29 is 4.79 Å². The third-order valence-corrected chi connectivity index (χ3v) is 4.27. The molecule has 2 atom stereocenters. The van der Waals surface area contributed by atoms with E-state index >= 15 is 0 Å². The largest absolute Gasteiger partial charge is 0.342 e. The summed E-state index contributed by atoms with van der Waals surface area (Å²) in [5.41, 5.74) is 0.908. The number of H-pyrrole nitrogens is 1. The lowest BCUT2D eigenvalue weighted by Gasteiger charge is -2.20. The number of hydrogen-bond donors (Lipinski definition) is 2. The average Bonchev–Trinajstić information content (AvgIpc) is 2.98. The lowest BCUT2D eigenvalue weighted by molar-refractivity contribution is -0.130. The second kappa shape index (κ2) is 7.86. The molecule has 0 radical (unpaired) electrons. The number of fused-ring (bicyclic) bond motifs is 1. The van der Waals surface area contributed by atoms with Gasteiger partial charge in [0.25, 0.3) is 0 Å². The highest BCUT2D eigenvalue weighted by Crippen LogP contribution is 2.27. The molecular formula is C13H22Cl2N4O. The van der Waals surface area contributed by atoms with Crippen molar-refractivity contribution in [3.63, 3.8) is 0 Å². The highest BCUT2D eigenvalue weighted by molar-refractivity contribution is 5.85. The summed E-state index contributed by atoms with van der Waals surface area (Å²) in [6, 6.07) is 1.87. The fraction of sp³-hybridized carbons (Fsp3) is 0.692. The molecule has 3 heterocycles. The predicted molar refractivity (Wildman–Crippen MR) is 82.5 cm³/mol. The van der Waals surface area contributed by atoms with Gasteiger partial charge in [-0.2, -0.15) is 5.10 Å². The Balaban J connectivity index is 0.000001000. The van der Waals surface area contributed by atoms with E-state index in [1.807, 2.05) is 11.0 Å². The maximum atomic E-state index is 12.2. The Labute approximate surface area is 131 Å². The molecule has 2 aliphatic heterocycles. The first-order chi connectivity index (χ1) is 8.83. The van der Waals surface area contributed by atoms with Crippen LogP contribution >= 0.6 is 24.8 Å². The fourth-order valence-corrected chi connectivity index (χ4v) is 3.13. The van der Waals surface area contributed by atoms with E-state index in [-0.39, 0.29) is 30.7 Å². The lowest BCUT2D eigenvalue weighted by Crippen LogP contribution is -2.34. The quantitative estimate of drug-likeness (QED) is 0.862. The van der Waals surface area contributed by atoms with Crippen LogP contribution in [0.5, 0.6) is 0 Å². The van der Waals surface area contributed by atoms with Gasteiger partial charge in [-0.25, -0.2) is 0 Å². The molecule has 114 valence electrons. The van der Waals surface area contributed by atoms with Crippen LogP contribution in [0.25, 0.3) is 0 Å². The molecular weight excluding hydrogens is 299 g/mol. The molecule has 0 bridgehead atoms. The first-order valence-electron chi connectivity index (χ1n) is 6.79. The molecule has 2 N–H and O–H groups in total. The van der Waals surface area contributed by atoms with Gasteiger partial charge >= 0.3 is 0 Å². The van der Waals surface area contributed by atoms with Crippen LogP contribution in [-0.4, -0.2) is 47.2 Å². The summed E-state index contributed by atoms with van der Waals surface area (Å²) in [4.78, 5) is 14.2. The second-order valence-corrected chi connectivity index (χ2v) is 5.40. The topological polar surface area (TPSA) is 61.0 Å². The van der Waals surface area contributed by atoms with Gasteiger partial charge in [-0.3, -0.25) is 9.89 Å². The summed E-state index contributed by atoms with van der Waals surface area (Å²) in [6.07, 6.45) is 4.44. The van der Waals surface area contributed by atoms with Crippen molar-refractivity contribution in [2.45, 2.75) is 19.3 Å². The molecule has 2 saturated heterocycles. The van der Waals surface area contributed by atoms with Crippen molar-refractivity contribution >= 4 is 30.7 Å². The normalized spacial score (nSPS) is 25.1. The van der Waals surface area contributed by atoms with Gasteiger partial charge in [-0.1, -0.05) is 0 Å². The Hall–Kier alpha value is -0.780. The molecule has 7 heteroatoms. The highest BCUT2D eigenvalue weighted by atomic mass is 35.5. The summed E-state index contributed by atoms with van der Waals surface area (Å²) in [6.45, 7) is 4.09. The number of aromatic amines is 1. The van der Waals surface area contributed by atoms with Gasteiger partial charge in [0.1, 0.15) is 0 Å². The molecule has 0 aliphatic carbocycles. The van der Waals surface area contributed by atoms with Crippen LogP contribution in [0.3, 0.4) is 0 Å². The maximum absolute atomic E-state index is 12.2. The van der Waals surface area contributed by atoms with E-state index in [4.69, 9.17) is 0 Å². The maximum Gasteiger partial charge on any atom is 0.228 e. The number of aromatic nitrogens is 2. The van der Waals surface area contributed by atoms with Crippen LogP contribution in [0.1, 0.15) is 18.5 Å². The monoisotopic (exact) mass is 320 g/mol. The van der Waals surface area contributed by atoms with Crippen LogP contribution in [0.4, 0.5) is 0 Å². The number of rotatable bonds is 2. The third kappa shape index (κ3) is 3.87. The van der Waals surface area contributed by atoms with Crippen molar-refractivity contribution in [2.75, 3.05) is 26.2 Å². The van der Waals surface area contributed by atoms with Gasteiger partial charge in [0.05, 0.1) is 6.42 Å². The molecule has 0 unspecified atom stereocenters. The van der Waals surface area contributed by atoms with Crippen molar-refractivity contribution in [1.82, 2.24) is 20.4 Å². The van der Waals surface area contributed by atoms with Crippen molar-refractivity contribution in [3.8, 4) is 0 Å². The number of likely N-dealkylation sites (tertiary alicyclic amines) is 1. The zero-order valence-corrected chi connectivity index (χ0v) is 13.0. The Morgan fingerprint density at radius 2 is 1.90 bits per heavy atom. The predicted octanol–water partition coefficient (Wildman–Crippen LogP) is 1.25. The molecule has 0 saturated carbocycles. The van der Waals surface area contributed by atoms with Gasteiger partial charge in [0.2, 0.25) is 5.91 Å². The summed E-state index contributed by atoms with van der Waals surface area (Å²) in [5, 5.41) is 10.2. The van der Waals surface area contributed by atoms with E-state index in [0.717, 1.165) is 56.6 Å². The minimum atomic E-state index is 0. The number of amides is 1. The van der Waals surface area contributed by atoms with E-state index in [0.29, 0.717) is 6.42 Å². The lowest BCUT2D eigenvalue weighted by atomic mass is 9.92. The summed E-state index contributed by atoms with van der Waals surface area (Å²) in [5.74, 6) is 1.78.